The van der Waals surface area contributed by atoms with Gasteiger partial charge in [0.2, 0.25) is 0 Å². The number of amides is 1. The standard InChI is InChI=1S/C18H20FN3O2/c1-21(10-13-5-7-14(19)8-6-13)16-11-22(12-17(16)23)18(24)15-4-2-3-9-20-15/h2-9,16-17,23H,10-12H2,1H3/t16-,17-/m1/s1. The van der Waals surface area contributed by atoms with Gasteiger partial charge in [-0.2, -0.15) is 0 Å². The van der Waals surface area contributed by atoms with Crippen LogP contribution < -0.4 is 0 Å². The maximum absolute atomic E-state index is 13.0. The normalized spacial score (nSPS) is 20.6. The van der Waals surface area contributed by atoms with E-state index in [9.17, 15) is 14.3 Å². The lowest BCUT2D eigenvalue weighted by Gasteiger charge is -2.26. The van der Waals surface area contributed by atoms with Crippen molar-refractivity contribution in [2.24, 2.45) is 0 Å². The molecule has 5 nitrogen and oxygen atoms in total. The zero-order valence-corrected chi connectivity index (χ0v) is 13.5. The van der Waals surface area contributed by atoms with Crippen molar-refractivity contribution in [1.29, 1.82) is 0 Å². The Morgan fingerprint density at radius 3 is 2.71 bits per heavy atom. The highest BCUT2D eigenvalue weighted by Crippen LogP contribution is 2.19. The third kappa shape index (κ3) is 3.60. The molecule has 6 heteroatoms. The molecular formula is C18H20FN3O2. The van der Waals surface area contributed by atoms with Crippen LogP contribution in [0.15, 0.2) is 48.7 Å². The monoisotopic (exact) mass is 329 g/mol. The second kappa shape index (κ2) is 7.07. The van der Waals surface area contributed by atoms with Gasteiger partial charge in [0.05, 0.1) is 12.1 Å². The average molecular weight is 329 g/mol. The Kier molecular flexibility index (Phi) is 4.87. The smallest absolute Gasteiger partial charge is 0.272 e. The van der Waals surface area contributed by atoms with Crippen LogP contribution in [-0.4, -0.2) is 58.1 Å². The maximum Gasteiger partial charge on any atom is 0.272 e. The zero-order valence-electron chi connectivity index (χ0n) is 13.5. The highest BCUT2D eigenvalue weighted by atomic mass is 19.1. The lowest BCUT2D eigenvalue weighted by Crippen LogP contribution is -2.40. The molecule has 2 atom stereocenters. The first kappa shape index (κ1) is 16.5. The topological polar surface area (TPSA) is 56.7 Å². The van der Waals surface area contributed by atoms with E-state index in [1.165, 1.54) is 12.1 Å². The fraction of sp³-hybridized carbons (Fsp3) is 0.333. The van der Waals surface area contributed by atoms with Crippen LogP contribution in [0.3, 0.4) is 0 Å². The summed E-state index contributed by atoms with van der Waals surface area (Å²) < 4.78 is 13.0. The number of rotatable bonds is 4. The minimum atomic E-state index is -0.622. The van der Waals surface area contributed by atoms with E-state index in [4.69, 9.17) is 0 Å². The van der Waals surface area contributed by atoms with Crippen molar-refractivity contribution in [3.8, 4) is 0 Å². The van der Waals surface area contributed by atoms with E-state index < -0.39 is 6.10 Å². The molecule has 1 aliphatic heterocycles. The summed E-state index contributed by atoms with van der Waals surface area (Å²) in [6.07, 6.45) is 0.959. The van der Waals surface area contributed by atoms with Crippen molar-refractivity contribution < 1.29 is 14.3 Å². The molecule has 1 fully saturated rings. The van der Waals surface area contributed by atoms with Gasteiger partial charge in [-0.25, -0.2) is 4.39 Å². The molecule has 0 saturated carbocycles. The highest BCUT2D eigenvalue weighted by Gasteiger charge is 2.36. The van der Waals surface area contributed by atoms with Gasteiger partial charge in [0.25, 0.3) is 5.91 Å². The number of halogens is 1. The van der Waals surface area contributed by atoms with Gasteiger partial charge >= 0.3 is 0 Å². The molecule has 1 aromatic carbocycles. The zero-order chi connectivity index (χ0) is 17.1. The number of aliphatic hydroxyl groups excluding tert-OH is 1. The Morgan fingerprint density at radius 1 is 1.29 bits per heavy atom. The number of hydrogen-bond donors (Lipinski definition) is 1. The van der Waals surface area contributed by atoms with Crippen LogP contribution in [0.1, 0.15) is 16.1 Å². The predicted molar refractivity (Wildman–Crippen MR) is 87.8 cm³/mol. The molecule has 126 valence electrons. The number of carbonyl (C=O) groups is 1. The van der Waals surface area contributed by atoms with Gasteiger partial charge in [-0.15, -0.1) is 0 Å². The Balaban J connectivity index is 1.64. The van der Waals surface area contributed by atoms with Gasteiger partial charge in [-0.1, -0.05) is 18.2 Å². The first-order valence-electron chi connectivity index (χ1n) is 7.87. The largest absolute Gasteiger partial charge is 0.390 e. The molecule has 3 rings (SSSR count). The molecule has 1 amide bonds. The third-order valence-electron chi connectivity index (χ3n) is 4.34. The van der Waals surface area contributed by atoms with E-state index in [1.807, 2.05) is 11.9 Å². The lowest BCUT2D eigenvalue weighted by molar-refractivity contribution is 0.0757. The van der Waals surface area contributed by atoms with Crippen molar-refractivity contribution in [1.82, 2.24) is 14.8 Å². The predicted octanol–water partition coefficient (Wildman–Crippen LogP) is 1.54. The minimum absolute atomic E-state index is 0.164. The summed E-state index contributed by atoms with van der Waals surface area (Å²) in [5.74, 6) is -0.443. The number of benzene rings is 1. The second-order valence-electron chi connectivity index (χ2n) is 6.10. The van der Waals surface area contributed by atoms with Gasteiger partial charge in [-0.05, 0) is 36.9 Å². The number of hydrogen-bond acceptors (Lipinski definition) is 4. The summed E-state index contributed by atoms with van der Waals surface area (Å²) in [6.45, 7) is 1.30. The fourth-order valence-corrected chi connectivity index (χ4v) is 3.01. The van der Waals surface area contributed by atoms with E-state index in [2.05, 4.69) is 4.98 Å². The highest BCUT2D eigenvalue weighted by molar-refractivity contribution is 5.92. The molecule has 1 aliphatic rings. The molecule has 0 radical (unpaired) electrons. The number of pyridine rings is 1. The van der Waals surface area contributed by atoms with Gasteiger partial charge in [0, 0.05) is 25.8 Å². The molecule has 24 heavy (non-hydrogen) atoms. The Hall–Kier alpha value is -2.31. The van der Waals surface area contributed by atoms with Gasteiger partial charge in [0.15, 0.2) is 0 Å². The second-order valence-corrected chi connectivity index (χ2v) is 6.10. The first-order chi connectivity index (χ1) is 11.5. The summed E-state index contributed by atoms with van der Waals surface area (Å²) in [5.41, 5.74) is 1.34. The van der Waals surface area contributed by atoms with Crippen LogP contribution in [0.5, 0.6) is 0 Å². The number of nitrogens with zero attached hydrogens (tertiary/aromatic N) is 3. The van der Waals surface area contributed by atoms with E-state index in [0.29, 0.717) is 18.8 Å². The maximum atomic E-state index is 13.0. The van der Waals surface area contributed by atoms with Crippen molar-refractivity contribution in [2.45, 2.75) is 18.7 Å². The lowest BCUT2D eigenvalue weighted by atomic mass is 10.1. The van der Waals surface area contributed by atoms with Crippen molar-refractivity contribution >= 4 is 5.91 Å². The number of likely N-dealkylation sites (tertiary alicyclic amines) is 1. The van der Waals surface area contributed by atoms with Crippen LogP contribution in [0.4, 0.5) is 4.39 Å². The molecule has 0 aliphatic carbocycles. The van der Waals surface area contributed by atoms with Crippen molar-refractivity contribution in [3.05, 3.63) is 65.7 Å². The molecule has 0 bridgehead atoms. The average Bonchev–Trinajstić information content (AvgIpc) is 2.99. The number of likely N-dealkylation sites (N-methyl/N-ethyl adjacent to an activating group) is 1. The van der Waals surface area contributed by atoms with Gasteiger partial charge < -0.3 is 10.0 Å². The molecule has 1 aromatic heterocycles. The number of carbonyl (C=O) groups excluding carboxylic acids is 1. The Morgan fingerprint density at radius 2 is 2.04 bits per heavy atom. The summed E-state index contributed by atoms with van der Waals surface area (Å²) in [5, 5.41) is 10.3. The minimum Gasteiger partial charge on any atom is -0.390 e. The van der Waals surface area contributed by atoms with E-state index in [-0.39, 0.29) is 24.3 Å². The van der Waals surface area contributed by atoms with E-state index >= 15 is 0 Å². The van der Waals surface area contributed by atoms with Crippen LogP contribution in [0.2, 0.25) is 0 Å². The van der Waals surface area contributed by atoms with Gasteiger partial charge in [0.1, 0.15) is 11.5 Å². The SMILES string of the molecule is CN(Cc1ccc(F)cc1)[C@@H]1CN(C(=O)c2ccccn2)C[C@H]1O. The fourth-order valence-electron chi connectivity index (χ4n) is 3.01. The van der Waals surface area contributed by atoms with Gasteiger partial charge in [-0.3, -0.25) is 14.7 Å². The van der Waals surface area contributed by atoms with E-state index in [1.54, 1.807) is 41.4 Å². The van der Waals surface area contributed by atoms with Crippen LogP contribution in [0.25, 0.3) is 0 Å². The molecule has 2 aromatic rings. The number of aliphatic hydroxyl groups is 1. The van der Waals surface area contributed by atoms with E-state index in [0.717, 1.165) is 5.56 Å². The number of aromatic nitrogens is 1. The summed E-state index contributed by atoms with van der Waals surface area (Å²) >= 11 is 0. The third-order valence-corrected chi connectivity index (χ3v) is 4.34. The molecule has 2 heterocycles. The van der Waals surface area contributed by atoms with Crippen molar-refractivity contribution in [2.75, 3.05) is 20.1 Å². The molecule has 0 unspecified atom stereocenters. The summed E-state index contributed by atoms with van der Waals surface area (Å²) in [6, 6.07) is 11.3. The Labute approximate surface area is 140 Å². The summed E-state index contributed by atoms with van der Waals surface area (Å²) in [7, 11) is 1.89. The van der Waals surface area contributed by atoms with Crippen LogP contribution in [0, 0.1) is 5.82 Å². The molecular weight excluding hydrogens is 309 g/mol. The summed E-state index contributed by atoms with van der Waals surface area (Å²) in [4.78, 5) is 20.1. The quantitative estimate of drug-likeness (QED) is 0.924. The Bertz CT molecular complexity index is 693. The molecule has 0 spiro atoms. The van der Waals surface area contributed by atoms with Crippen LogP contribution >= 0.6 is 0 Å². The van der Waals surface area contributed by atoms with Crippen molar-refractivity contribution in [3.63, 3.8) is 0 Å². The first-order valence-corrected chi connectivity index (χ1v) is 7.87. The molecule has 1 N–H and O–H groups in total. The number of β-amino-alcohol motifs (C(OH)–C–C–N with tert-alkyl or cyclic N) is 1. The molecule has 1 saturated heterocycles. The van der Waals surface area contributed by atoms with Crippen LogP contribution in [-0.2, 0) is 6.54 Å².